The first-order valence-corrected chi connectivity index (χ1v) is 8.08. The predicted molar refractivity (Wildman–Crippen MR) is 86.7 cm³/mol. The molecule has 0 saturated carbocycles. The summed E-state index contributed by atoms with van der Waals surface area (Å²) >= 11 is 12.2. The van der Waals surface area contributed by atoms with E-state index in [-0.39, 0.29) is 0 Å². The molecule has 1 aromatic carbocycles. The number of hydrogen-bond donors (Lipinski definition) is 0. The first-order valence-electron chi connectivity index (χ1n) is 7.33. The van der Waals surface area contributed by atoms with Crippen molar-refractivity contribution in [3.05, 3.63) is 52.5 Å². The fraction of sp³-hybridized carbons (Fsp3) is 0.438. The quantitative estimate of drug-likeness (QED) is 0.844. The summed E-state index contributed by atoms with van der Waals surface area (Å²) in [7, 11) is 0. The minimum Gasteiger partial charge on any atom is -0.337 e. The van der Waals surface area contributed by atoms with Crippen molar-refractivity contribution >= 4 is 23.2 Å². The molecule has 5 heteroatoms. The molecule has 0 aliphatic carbocycles. The smallest absolute Gasteiger partial charge is 0.0945 e. The van der Waals surface area contributed by atoms with Gasteiger partial charge >= 0.3 is 0 Å². The fourth-order valence-electron chi connectivity index (χ4n) is 2.91. The molecule has 0 amide bonds. The summed E-state index contributed by atoms with van der Waals surface area (Å²) in [6.45, 7) is 4.24. The Morgan fingerprint density at radius 3 is 2.67 bits per heavy atom. The van der Waals surface area contributed by atoms with E-state index >= 15 is 0 Å². The second-order valence-corrected chi connectivity index (χ2v) is 6.56. The molecular formula is C16H19Cl2N3. The van der Waals surface area contributed by atoms with Crippen molar-refractivity contribution in [2.24, 2.45) is 5.92 Å². The third kappa shape index (κ3) is 4.00. The zero-order chi connectivity index (χ0) is 14.7. The lowest BCUT2D eigenvalue weighted by molar-refractivity contribution is 0.167. The van der Waals surface area contributed by atoms with Gasteiger partial charge in [0.15, 0.2) is 0 Å². The van der Waals surface area contributed by atoms with Gasteiger partial charge in [-0.15, -0.1) is 0 Å². The molecule has 0 unspecified atom stereocenters. The van der Waals surface area contributed by atoms with Gasteiger partial charge in [-0.3, -0.25) is 4.90 Å². The van der Waals surface area contributed by atoms with E-state index in [0.717, 1.165) is 42.7 Å². The Kier molecular flexibility index (Phi) is 4.84. The van der Waals surface area contributed by atoms with Crippen LogP contribution in [0.15, 0.2) is 36.9 Å². The van der Waals surface area contributed by atoms with Gasteiger partial charge in [0, 0.05) is 35.5 Å². The third-order valence-corrected chi connectivity index (χ3v) is 4.73. The number of rotatable bonds is 4. The SMILES string of the molecule is Clc1ccc(CN2CCC(Cn3ccnc3)CC2)c(Cl)c1. The summed E-state index contributed by atoms with van der Waals surface area (Å²) in [6, 6.07) is 5.76. The first kappa shape index (κ1) is 14.9. The van der Waals surface area contributed by atoms with Gasteiger partial charge in [0.25, 0.3) is 0 Å². The van der Waals surface area contributed by atoms with Crippen LogP contribution in [0.3, 0.4) is 0 Å². The average Bonchev–Trinajstić information content (AvgIpc) is 2.97. The fourth-order valence-corrected chi connectivity index (χ4v) is 3.38. The zero-order valence-electron chi connectivity index (χ0n) is 11.9. The highest BCUT2D eigenvalue weighted by molar-refractivity contribution is 6.35. The number of aromatic nitrogens is 2. The van der Waals surface area contributed by atoms with Crippen LogP contribution in [0.25, 0.3) is 0 Å². The molecule has 0 atom stereocenters. The molecule has 1 saturated heterocycles. The maximum Gasteiger partial charge on any atom is 0.0945 e. The lowest BCUT2D eigenvalue weighted by Crippen LogP contribution is -2.34. The van der Waals surface area contributed by atoms with Crippen LogP contribution in [0.2, 0.25) is 10.0 Å². The van der Waals surface area contributed by atoms with E-state index < -0.39 is 0 Å². The topological polar surface area (TPSA) is 21.1 Å². The molecule has 0 radical (unpaired) electrons. The standard InChI is InChI=1S/C16H19Cl2N3/c17-15-2-1-14(16(18)9-15)11-20-6-3-13(4-7-20)10-21-8-5-19-12-21/h1-2,5,8-9,12-13H,3-4,6-7,10-11H2. The number of hydrogen-bond acceptors (Lipinski definition) is 2. The second-order valence-electron chi connectivity index (χ2n) is 5.71. The van der Waals surface area contributed by atoms with E-state index in [1.807, 2.05) is 36.9 Å². The Morgan fingerprint density at radius 2 is 2.00 bits per heavy atom. The van der Waals surface area contributed by atoms with Gasteiger partial charge < -0.3 is 4.57 Å². The number of benzene rings is 1. The molecule has 1 aliphatic heterocycles. The minimum atomic E-state index is 0.697. The number of likely N-dealkylation sites (tertiary alicyclic amines) is 1. The van der Waals surface area contributed by atoms with Crippen LogP contribution in [0.5, 0.6) is 0 Å². The van der Waals surface area contributed by atoms with E-state index in [0.29, 0.717) is 5.02 Å². The highest BCUT2D eigenvalue weighted by Gasteiger charge is 2.20. The molecule has 1 fully saturated rings. The van der Waals surface area contributed by atoms with Crippen LogP contribution in [0.1, 0.15) is 18.4 Å². The molecule has 0 N–H and O–H groups in total. The van der Waals surface area contributed by atoms with E-state index in [1.165, 1.54) is 12.8 Å². The molecule has 21 heavy (non-hydrogen) atoms. The first-order chi connectivity index (χ1) is 10.2. The van der Waals surface area contributed by atoms with Crippen molar-refractivity contribution < 1.29 is 0 Å². The Hall–Kier alpha value is -1.03. The summed E-state index contributed by atoms with van der Waals surface area (Å²) in [6.07, 6.45) is 8.24. The lowest BCUT2D eigenvalue weighted by Gasteiger charge is -2.32. The molecule has 2 aromatic rings. The summed E-state index contributed by atoms with van der Waals surface area (Å²) in [5.74, 6) is 0.746. The monoisotopic (exact) mass is 323 g/mol. The Morgan fingerprint density at radius 1 is 1.19 bits per heavy atom. The van der Waals surface area contributed by atoms with Gasteiger partial charge in [-0.05, 0) is 49.5 Å². The molecule has 112 valence electrons. The number of imidazole rings is 1. The summed E-state index contributed by atoms with van der Waals surface area (Å²) in [5, 5.41) is 1.46. The lowest BCUT2D eigenvalue weighted by atomic mass is 9.96. The summed E-state index contributed by atoms with van der Waals surface area (Å²) in [5.41, 5.74) is 1.16. The number of halogens is 2. The molecule has 3 nitrogen and oxygen atoms in total. The van der Waals surface area contributed by atoms with Crippen LogP contribution >= 0.6 is 23.2 Å². The Labute approximate surface area is 135 Å². The second kappa shape index (κ2) is 6.82. The third-order valence-electron chi connectivity index (χ3n) is 4.14. The molecule has 3 rings (SSSR count). The van der Waals surface area contributed by atoms with Crippen LogP contribution in [-0.2, 0) is 13.1 Å². The highest BCUT2D eigenvalue weighted by Crippen LogP contribution is 2.25. The average molecular weight is 324 g/mol. The van der Waals surface area contributed by atoms with Gasteiger partial charge in [0.1, 0.15) is 0 Å². The van der Waals surface area contributed by atoms with E-state index in [4.69, 9.17) is 23.2 Å². The van der Waals surface area contributed by atoms with Gasteiger partial charge in [-0.2, -0.15) is 0 Å². The molecular weight excluding hydrogens is 305 g/mol. The van der Waals surface area contributed by atoms with Crippen molar-refractivity contribution in [2.45, 2.75) is 25.9 Å². The minimum absolute atomic E-state index is 0.697. The highest BCUT2D eigenvalue weighted by atomic mass is 35.5. The Bertz CT molecular complexity index is 575. The van der Waals surface area contributed by atoms with Gasteiger partial charge in [0.05, 0.1) is 6.33 Å². The van der Waals surface area contributed by atoms with Crippen molar-refractivity contribution in [2.75, 3.05) is 13.1 Å². The molecule has 1 aromatic heterocycles. The molecule has 0 spiro atoms. The van der Waals surface area contributed by atoms with Crippen LogP contribution in [0, 0.1) is 5.92 Å². The van der Waals surface area contributed by atoms with Crippen LogP contribution in [-0.4, -0.2) is 27.5 Å². The Balaban J connectivity index is 1.51. The summed E-state index contributed by atoms with van der Waals surface area (Å²) < 4.78 is 2.18. The van der Waals surface area contributed by atoms with Crippen molar-refractivity contribution in [3.63, 3.8) is 0 Å². The van der Waals surface area contributed by atoms with Gasteiger partial charge in [0.2, 0.25) is 0 Å². The van der Waals surface area contributed by atoms with E-state index in [9.17, 15) is 0 Å². The van der Waals surface area contributed by atoms with Crippen molar-refractivity contribution in [3.8, 4) is 0 Å². The largest absolute Gasteiger partial charge is 0.337 e. The van der Waals surface area contributed by atoms with Crippen molar-refractivity contribution in [1.82, 2.24) is 14.5 Å². The maximum atomic E-state index is 6.25. The number of nitrogens with zero attached hydrogens (tertiary/aromatic N) is 3. The summed E-state index contributed by atoms with van der Waals surface area (Å²) in [4.78, 5) is 6.57. The van der Waals surface area contributed by atoms with E-state index in [1.54, 1.807) is 0 Å². The van der Waals surface area contributed by atoms with Crippen LogP contribution < -0.4 is 0 Å². The maximum absolute atomic E-state index is 6.25. The molecule has 1 aliphatic rings. The van der Waals surface area contributed by atoms with Gasteiger partial charge in [-0.1, -0.05) is 29.3 Å². The zero-order valence-corrected chi connectivity index (χ0v) is 13.4. The molecule has 2 heterocycles. The number of piperidine rings is 1. The van der Waals surface area contributed by atoms with Crippen LogP contribution in [0.4, 0.5) is 0 Å². The van der Waals surface area contributed by atoms with Gasteiger partial charge in [-0.25, -0.2) is 4.98 Å². The molecule has 0 bridgehead atoms. The van der Waals surface area contributed by atoms with E-state index in [2.05, 4.69) is 14.5 Å². The van der Waals surface area contributed by atoms with Crippen molar-refractivity contribution in [1.29, 1.82) is 0 Å². The predicted octanol–water partition coefficient (Wildman–Crippen LogP) is 4.10. The normalized spacial score (nSPS) is 17.2.